The minimum atomic E-state index is -4.37. The zero-order valence-electron chi connectivity index (χ0n) is 12.1. The molecule has 1 amide bonds. The number of halogens is 3. The van der Waals surface area contributed by atoms with Crippen molar-refractivity contribution in [3.8, 4) is 0 Å². The molecule has 1 fully saturated rings. The van der Waals surface area contributed by atoms with Gasteiger partial charge in [0.2, 0.25) is 5.91 Å². The number of hydrogen-bond acceptors (Lipinski definition) is 2. The summed E-state index contributed by atoms with van der Waals surface area (Å²) in [6, 6.07) is 5.15. The van der Waals surface area contributed by atoms with Gasteiger partial charge in [-0.3, -0.25) is 10.1 Å². The average molecular weight is 300 g/mol. The second kappa shape index (κ2) is 6.05. The first-order valence-corrected chi connectivity index (χ1v) is 7.03. The molecule has 0 spiro atoms. The monoisotopic (exact) mass is 300 g/mol. The first-order chi connectivity index (χ1) is 9.82. The summed E-state index contributed by atoms with van der Waals surface area (Å²) in [6.07, 6.45) is -3.94. The molecular formula is C15H19F3N2O. The van der Waals surface area contributed by atoms with Crippen LogP contribution in [0.5, 0.6) is 0 Å². The van der Waals surface area contributed by atoms with Gasteiger partial charge < -0.3 is 4.90 Å². The summed E-state index contributed by atoms with van der Waals surface area (Å²) in [5, 5.41) is 2.99. The van der Waals surface area contributed by atoms with Gasteiger partial charge in [-0.25, -0.2) is 0 Å². The van der Waals surface area contributed by atoms with E-state index in [0.717, 1.165) is 18.6 Å². The molecule has 1 heterocycles. The maximum atomic E-state index is 12.8. The lowest BCUT2D eigenvalue weighted by atomic mass is 10.1. The molecule has 1 aromatic rings. The van der Waals surface area contributed by atoms with E-state index in [1.807, 2.05) is 13.8 Å². The van der Waals surface area contributed by atoms with Gasteiger partial charge in [0.1, 0.15) is 6.17 Å². The lowest BCUT2D eigenvalue weighted by Gasteiger charge is -2.27. The van der Waals surface area contributed by atoms with Crippen molar-refractivity contribution in [1.82, 2.24) is 10.2 Å². The van der Waals surface area contributed by atoms with E-state index in [1.54, 1.807) is 11.0 Å². The lowest BCUT2D eigenvalue weighted by Crippen LogP contribution is -2.34. The van der Waals surface area contributed by atoms with Gasteiger partial charge in [0.15, 0.2) is 0 Å². The summed E-state index contributed by atoms with van der Waals surface area (Å²) >= 11 is 0. The van der Waals surface area contributed by atoms with Gasteiger partial charge in [0.05, 0.1) is 12.1 Å². The topological polar surface area (TPSA) is 32.3 Å². The molecule has 1 aromatic carbocycles. The summed E-state index contributed by atoms with van der Waals surface area (Å²) in [4.78, 5) is 13.6. The molecule has 6 heteroatoms. The van der Waals surface area contributed by atoms with Crippen molar-refractivity contribution < 1.29 is 18.0 Å². The number of alkyl halides is 3. The summed E-state index contributed by atoms with van der Waals surface area (Å²) in [5.74, 6) is 0.236. The van der Waals surface area contributed by atoms with Crippen LogP contribution in [0.2, 0.25) is 0 Å². The van der Waals surface area contributed by atoms with Crippen molar-refractivity contribution in [1.29, 1.82) is 0 Å². The molecule has 2 unspecified atom stereocenters. The van der Waals surface area contributed by atoms with Crippen molar-refractivity contribution in [3.63, 3.8) is 0 Å². The Hall–Kier alpha value is -1.56. The van der Waals surface area contributed by atoms with Crippen LogP contribution < -0.4 is 5.32 Å². The number of rotatable bonds is 4. The standard InChI is InChI=1S/C15H19F3N2O/c1-3-10(2)9-20-13(21)8-19-14(20)11-5-4-6-12(7-11)15(16,17)18/h4-7,10,14,19H,3,8-9H2,1-2H3. The van der Waals surface area contributed by atoms with Gasteiger partial charge in [-0.2, -0.15) is 13.2 Å². The largest absolute Gasteiger partial charge is 0.416 e. The van der Waals surface area contributed by atoms with E-state index >= 15 is 0 Å². The summed E-state index contributed by atoms with van der Waals surface area (Å²) in [5.41, 5.74) is -0.219. The number of carbonyl (C=O) groups excluding carboxylic acids is 1. The molecule has 116 valence electrons. The van der Waals surface area contributed by atoms with Crippen LogP contribution in [0.3, 0.4) is 0 Å². The van der Waals surface area contributed by atoms with Crippen LogP contribution in [-0.2, 0) is 11.0 Å². The minimum absolute atomic E-state index is 0.0716. The number of nitrogens with zero attached hydrogens (tertiary/aromatic N) is 1. The molecule has 21 heavy (non-hydrogen) atoms. The Bertz CT molecular complexity index is 516. The van der Waals surface area contributed by atoms with Gasteiger partial charge >= 0.3 is 6.18 Å². The fourth-order valence-electron chi connectivity index (χ4n) is 2.39. The molecule has 0 aromatic heterocycles. The van der Waals surface area contributed by atoms with Crippen LogP contribution in [0.15, 0.2) is 24.3 Å². The molecule has 1 N–H and O–H groups in total. The van der Waals surface area contributed by atoms with E-state index in [4.69, 9.17) is 0 Å². The third kappa shape index (κ3) is 3.56. The van der Waals surface area contributed by atoms with Gasteiger partial charge in [-0.15, -0.1) is 0 Å². The fourth-order valence-corrected chi connectivity index (χ4v) is 2.39. The Balaban J connectivity index is 2.25. The number of hydrogen-bond donors (Lipinski definition) is 1. The van der Waals surface area contributed by atoms with Gasteiger partial charge in [-0.05, 0) is 23.6 Å². The van der Waals surface area contributed by atoms with Crippen molar-refractivity contribution in [2.45, 2.75) is 32.6 Å². The summed E-state index contributed by atoms with van der Waals surface area (Å²) in [6.45, 7) is 4.76. The third-order valence-electron chi connectivity index (χ3n) is 3.81. The van der Waals surface area contributed by atoms with E-state index in [0.29, 0.717) is 18.0 Å². The Morgan fingerprint density at radius 1 is 1.43 bits per heavy atom. The highest BCUT2D eigenvalue weighted by atomic mass is 19.4. The number of benzene rings is 1. The Morgan fingerprint density at radius 3 is 2.76 bits per heavy atom. The molecule has 1 saturated heterocycles. The van der Waals surface area contributed by atoms with E-state index in [1.165, 1.54) is 6.07 Å². The van der Waals surface area contributed by atoms with Crippen molar-refractivity contribution in [3.05, 3.63) is 35.4 Å². The maximum Gasteiger partial charge on any atom is 0.416 e. The van der Waals surface area contributed by atoms with Crippen molar-refractivity contribution in [2.24, 2.45) is 5.92 Å². The first-order valence-electron chi connectivity index (χ1n) is 7.03. The smallest absolute Gasteiger partial charge is 0.322 e. The summed E-state index contributed by atoms with van der Waals surface area (Å²) < 4.78 is 38.4. The molecule has 0 bridgehead atoms. The van der Waals surface area contributed by atoms with Crippen molar-refractivity contribution >= 4 is 5.91 Å². The van der Waals surface area contributed by atoms with Gasteiger partial charge in [-0.1, -0.05) is 32.4 Å². The Labute approximate surface area is 122 Å². The zero-order valence-corrected chi connectivity index (χ0v) is 12.1. The van der Waals surface area contributed by atoms with E-state index in [2.05, 4.69) is 5.32 Å². The van der Waals surface area contributed by atoms with Crippen LogP contribution in [0.4, 0.5) is 13.2 Å². The maximum absolute atomic E-state index is 12.8. The van der Waals surface area contributed by atoms with Crippen molar-refractivity contribution in [2.75, 3.05) is 13.1 Å². The predicted octanol–water partition coefficient (Wildman–Crippen LogP) is 3.18. The highest BCUT2D eigenvalue weighted by molar-refractivity contribution is 5.81. The average Bonchev–Trinajstić information content (AvgIpc) is 2.79. The Kier molecular flexibility index (Phi) is 4.56. The molecule has 3 nitrogen and oxygen atoms in total. The van der Waals surface area contributed by atoms with Crippen LogP contribution in [0.25, 0.3) is 0 Å². The van der Waals surface area contributed by atoms with E-state index < -0.39 is 17.9 Å². The molecule has 0 radical (unpaired) electrons. The molecule has 2 atom stereocenters. The van der Waals surface area contributed by atoms with Crippen LogP contribution in [0, 0.1) is 5.92 Å². The molecule has 0 aliphatic carbocycles. The lowest BCUT2D eigenvalue weighted by molar-refractivity contribution is -0.137. The first kappa shape index (κ1) is 15.8. The van der Waals surface area contributed by atoms with Gasteiger partial charge in [0, 0.05) is 6.54 Å². The normalized spacial score (nSPS) is 20.9. The summed E-state index contributed by atoms with van der Waals surface area (Å²) in [7, 11) is 0. The molecule has 1 aliphatic heterocycles. The number of amides is 1. The SMILES string of the molecule is CCC(C)CN1C(=O)CNC1c1cccc(C(F)(F)F)c1. The minimum Gasteiger partial charge on any atom is -0.322 e. The second-order valence-corrected chi connectivity index (χ2v) is 5.47. The van der Waals surface area contributed by atoms with E-state index in [-0.39, 0.29) is 12.5 Å². The van der Waals surface area contributed by atoms with Crippen LogP contribution in [-0.4, -0.2) is 23.9 Å². The van der Waals surface area contributed by atoms with E-state index in [9.17, 15) is 18.0 Å². The van der Waals surface area contributed by atoms with Crippen LogP contribution >= 0.6 is 0 Å². The predicted molar refractivity (Wildman–Crippen MR) is 73.4 cm³/mol. The number of carbonyl (C=O) groups is 1. The van der Waals surface area contributed by atoms with Crippen LogP contribution in [0.1, 0.15) is 37.6 Å². The Morgan fingerprint density at radius 2 is 2.14 bits per heavy atom. The van der Waals surface area contributed by atoms with Gasteiger partial charge in [0.25, 0.3) is 0 Å². The quantitative estimate of drug-likeness (QED) is 0.926. The molecular weight excluding hydrogens is 281 g/mol. The molecule has 2 rings (SSSR count). The highest BCUT2D eigenvalue weighted by Crippen LogP contribution is 2.32. The zero-order chi connectivity index (χ0) is 15.6. The highest BCUT2D eigenvalue weighted by Gasteiger charge is 2.35. The molecule has 0 saturated carbocycles. The number of nitrogens with one attached hydrogen (secondary N) is 1. The third-order valence-corrected chi connectivity index (χ3v) is 3.81. The second-order valence-electron chi connectivity index (χ2n) is 5.47. The molecule has 1 aliphatic rings. The fraction of sp³-hybridized carbons (Fsp3) is 0.533.